The molecule has 0 aromatic rings. The Morgan fingerprint density at radius 2 is 2.88 bits per heavy atom. The molecule has 1 heterocycles. The second-order valence-electron chi connectivity index (χ2n) is 1.51. The molecule has 8 heavy (non-hydrogen) atoms. The summed E-state index contributed by atoms with van der Waals surface area (Å²) in [5.41, 5.74) is 0. The second kappa shape index (κ2) is 2.50. The summed E-state index contributed by atoms with van der Waals surface area (Å²) >= 11 is 0. The number of ether oxygens (including phenoxy) is 1. The SMILES string of the molecule is C=CCC1=N[CH]CO1. The van der Waals surface area contributed by atoms with Crippen molar-refractivity contribution in [3.63, 3.8) is 0 Å². The highest BCUT2D eigenvalue weighted by molar-refractivity contribution is 5.79. The number of aliphatic imine (C=N–C) groups is 1. The van der Waals surface area contributed by atoms with E-state index in [1.54, 1.807) is 12.6 Å². The van der Waals surface area contributed by atoms with Gasteiger partial charge in [0.2, 0.25) is 0 Å². The van der Waals surface area contributed by atoms with Gasteiger partial charge < -0.3 is 4.74 Å². The minimum atomic E-state index is 0.628. The lowest BCUT2D eigenvalue weighted by Crippen LogP contribution is -1.94. The van der Waals surface area contributed by atoms with Crippen LogP contribution in [-0.4, -0.2) is 12.5 Å². The molecule has 0 spiro atoms. The van der Waals surface area contributed by atoms with Crippen LogP contribution < -0.4 is 0 Å². The van der Waals surface area contributed by atoms with E-state index in [2.05, 4.69) is 11.6 Å². The summed E-state index contributed by atoms with van der Waals surface area (Å²) in [4.78, 5) is 3.92. The highest BCUT2D eigenvalue weighted by Gasteiger charge is 2.02. The van der Waals surface area contributed by atoms with Crippen LogP contribution in [0.3, 0.4) is 0 Å². The first-order valence-electron chi connectivity index (χ1n) is 2.55. The number of hydrogen-bond acceptors (Lipinski definition) is 2. The lowest BCUT2D eigenvalue weighted by Gasteiger charge is -1.92. The van der Waals surface area contributed by atoms with E-state index in [0.717, 1.165) is 12.3 Å². The van der Waals surface area contributed by atoms with Crippen LogP contribution in [0.25, 0.3) is 0 Å². The van der Waals surface area contributed by atoms with Gasteiger partial charge in [-0.1, -0.05) is 6.08 Å². The van der Waals surface area contributed by atoms with Crippen LogP contribution in [0, 0.1) is 6.54 Å². The smallest absolute Gasteiger partial charge is 0.187 e. The maximum atomic E-state index is 5.02. The van der Waals surface area contributed by atoms with Gasteiger partial charge in [-0.15, -0.1) is 6.58 Å². The molecule has 1 radical (unpaired) electrons. The van der Waals surface area contributed by atoms with Gasteiger partial charge in [-0.25, -0.2) is 4.99 Å². The molecule has 1 aliphatic rings. The van der Waals surface area contributed by atoms with Crippen molar-refractivity contribution in [3.05, 3.63) is 19.2 Å². The van der Waals surface area contributed by atoms with E-state index in [0.29, 0.717) is 6.61 Å². The first kappa shape index (κ1) is 5.35. The molecule has 0 N–H and O–H groups in total. The normalized spacial score (nSPS) is 17.2. The Balaban J connectivity index is 2.33. The molecule has 0 aromatic heterocycles. The Kier molecular flexibility index (Phi) is 1.67. The molecule has 0 amide bonds. The summed E-state index contributed by atoms with van der Waals surface area (Å²) in [5.74, 6) is 0.778. The van der Waals surface area contributed by atoms with E-state index in [1.807, 2.05) is 0 Å². The Hall–Kier alpha value is -0.790. The van der Waals surface area contributed by atoms with Crippen LogP contribution in [0.2, 0.25) is 0 Å². The van der Waals surface area contributed by atoms with Crippen LogP contribution in [0.1, 0.15) is 6.42 Å². The maximum Gasteiger partial charge on any atom is 0.187 e. The van der Waals surface area contributed by atoms with E-state index >= 15 is 0 Å². The van der Waals surface area contributed by atoms with Gasteiger partial charge in [0.1, 0.15) is 13.2 Å². The van der Waals surface area contributed by atoms with Crippen LogP contribution in [0.5, 0.6) is 0 Å². The average Bonchev–Trinajstić information content (AvgIpc) is 2.19. The molecule has 0 atom stereocenters. The minimum Gasteiger partial charge on any atom is -0.478 e. The van der Waals surface area contributed by atoms with E-state index in [-0.39, 0.29) is 0 Å². The van der Waals surface area contributed by atoms with E-state index in [9.17, 15) is 0 Å². The van der Waals surface area contributed by atoms with Crippen LogP contribution in [0.15, 0.2) is 17.6 Å². The highest BCUT2D eigenvalue weighted by atomic mass is 16.5. The monoisotopic (exact) mass is 110 g/mol. The summed E-state index contributed by atoms with van der Waals surface area (Å²) in [6.07, 6.45) is 2.52. The standard InChI is InChI=1S/C6H8NO/c1-2-3-6-7-4-5-8-6/h2,4H,1,3,5H2. The zero-order valence-electron chi connectivity index (χ0n) is 4.63. The molecule has 0 unspecified atom stereocenters. The first-order chi connectivity index (χ1) is 3.93. The fraction of sp³-hybridized carbons (Fsp3) is 0.333. The third-order valence-corrected chi connectivity index (χ3v) is 0.879. The molecule has 1 aliphatic heterocycles. The number of hydrogen-bond donors (Lipinski definition) is 0. The van der Waals surface area contributed by atoms with Crippen molar-refractivity contribution in [2.75, 3.05) is 6.61 Å². The summed E-state index contributed by atoms with van der Waals surface area (Å²) < 4.78 is 5.02. The predicted molar refractivity (Wildman–Crippen MR) is 32.5 cm³/mol. The number of nitrogens with zero attached hydrogens (tertiary/aromatic N) is 1. The van der Waals surface area contributed by atoms with Crippen molar-refractivity contribution >= 4 is 5.90 Å². The largest absolute Gasteiger partial charge is 0.478 e. The molecule has 1 rings (SSSR count). The minimum absolute atomic E-state index is 0.628. The maximum absolute atomic E-state index is 5.02. The fourth-order valence-electron chi connectivity index (χ4n) is 0.545. The lowest BCUT2D eigenvalue weighted by atomic mass is 10.4. The van der Waals surface area contributed by atoms with Crippen molar-refractivity contribution in [1.82, 2.24) is 0 Å². The molecule has 0 aliphatic carbocycles. The van der Waals surface area contributed by atoms with Crippen molar-refractivity contribution in [3.8, 4) is 0 Å². The van der Waals surface area contributed by atoms with Gasteiger partial charge in [0, 0.05) is 6.42 Å². The fourth-order valence-corrected chi connectivity index (χ4v) is 0.545. The summed E-state index contributed by atoms with van der Waals surface area (Å²) in [5, 5.41) is 0. The third-order valence-electron chi connectivity index (χ3n) is 0.879. The Labute approximate surface area is 48.9 Å². The highest BCUT2D eigenvalue weighted by Crippen LogP contribution is 2.01. The van der Waals surface area contributed by atoms with Gasteiger partial charge in [0.15, 0.2) is 5.90 Å². The molecule has 2 nitrogen and oxygen atoms in total. The van der Waals surface area contributed by atoms with Crippen molar-refractivity contribution in [2.24, 2.45) is 4.99 Å². The average molecular weight is 110 g/mol. The van der Waals surface area contributed by atoms with Crippen LogP contribution in [0.4, 0.5) is 0 Å². The molecular formula is C6H8NO. The summed E-state index contributed by atoms with van der Waals surface area (Å²) in [6.45, 7) is 5.93. The molecule has 0 saturated carbocycles. The van der Waals surface area contributed by atoms with E-state index < -0.39 is 0 Å². The van der Waals surface area contributed by atoms with Gasteiger partial charge in [-0.2, -0.15) is 0 Å². The van der Waals surface area contributed by atoms with E-state index in [4.69, 9.17) is 4.74 Å². The first-order valence-corrected chi connectivity index (χ1v) is 2.55. The quantitative estimate of drug-likeness (QED) is 0.489. The topological polar surface area (TPSA) is 21.6 Å². The Morgan fingerprint density at radius 1 is 2.00 bits per heavy atom. The molecular weight excluding hydrogens is 102 g/mol. The molecule has 0 fully saturated rings. The Morgan fingerprint density at radius 3 is 3.38 bits per heavy atom. The second-order valence-corrected chi connectivity index (χ2v) is 1.51. The zero-order chi connectivity index (χ0) is 5.82. The molecule has 0 aromatic carbocycles. The van der Waals surface area contributed by atoms with Crippen molar-refractivity contribution < 1.29 is 4.74 Å². The summed E-state index contributed by atoms with van der Waals surface area (Å²) in [6, 6.07) is 0. The predicted octanol–water partition coefficient (Wildman–Crippen LogP) is 1.15. The molecule has 43 valence electrons. The van der Waals surface area contributed by atoms with Gasteiger partial charge in [0.25, 0.3) is 0 Å². The van der Waals surface area contributed by atoms with Crippen molar-refractivity contribution in [2.45, 2.75) is 6.42 Å². The molecule has 2 heteroatoms. The van der Waals surface area contributed by atoms with Crippen LogP contribution >= 0.6 is 0 Å². The molecule has 0 bridgehead atoms. The van der Waals surface area contributed by atoms with Gasteiger partial charge in [-0.05, 0) is 0 Å². The number of rotatable bonds is 2. The van der Waals surface area contributed by atoms with Gasteiger partial charge in [-0.3, -0.25) is 0 Å². The van der Waals surface area contributed by atoms with Crippen LogP contribution in [-0.2, 0) is 4.74 Å². The third kappa shape index (κ3) is 1.09. The van der Waals surface area contributed by atoms with Gasteiger partial charge >= 0.3 is 0 Å². The lowest BCUT2D eigenvalue weighted by molar-refractivity contribution is 0.355. The Bertz CT molecular complexity index is 118. The zero-order valence-corrected chi connectivity index (χ0v) is 4.63. The van der Waals surface area contributed by atoms with E-state index in [1.165, 1.54) is 0 Å². The molecule has 0 saturated heterocycles. The van der Waals surface area contributed by atoms with Gasteiger partial charge in [0.05, 0.1) is 0 Å². The van der Waals surface area contributed by atoms with Crippen molar-refractivity contribution in [1.29, 1.82) is 0 Å². The summed E-state index contributed by atoms with van der Waals surface area (Å²) in [7, 11) is 0.